The number of hydrogen-bond acceptors (Lipinski definition) is 4. The molecule has 1 atom stereocenters. The first kappa shape index (κ1) is 18.4. The van der Waals surface area contributed by atoms with Crippen LogP contribution in [-0.4, -0.2) is 27.6 Å². The molecule has 1 aliphatic heterocycles. The number of carbonyl (C=O) groups excluding carboxylic acids is 1. The van der Waals surface area contributed by atoms with Crippen molar-refractivity contribution in [3.8, 4) is 11.4 Å². The van der Waals surface area contributed by atoms with E-state index in [1.165, 1.54) is 30.3 Å². The standard InChI is InChI=1S/C19H15ClF2N4O2/c20-14-10-13(7-8-15(14)22)23-19(27)26-9-1-2-16(26)18-24-17(25-28-18)11-3-5-12(21)6-4-11/h3-8,10,16H,1-2,9H2,(H,23,27). The highest BCUT2D eigenvalue weighted by Gasteiger charge is 2.34. The second-order valence-corrected chi connectivity index (χ2v) is 6.78. The minimum absolute atomic E-state index is 0.0726. The van der Waals surface area contributed by atoms with E-state index >= 15 is 0 Å². The van der Waals surface area contributed by atoms with Crippen LogP contribution in [0.5, 0.6) is 0 Å². The number of halogens is 3. The molecule has 28 heavy (non-hydrogen) atoms. The van der Waals surface area contributed by atoms with Crippen LogP contribution in [0.15, 0.2) is 47.0 Å². The Bertz CT molecular complexity index is 1010. The molecule has 6 nitrogen and oxygen atoms in total. The largest absolute Gasteiger partial charge is 0.337 e. The molecule has 4 rings (SSSR count). The number of nitrogens with one attached hydrogen (secondary N) is 1. The molecule has 0 bridgehead atoms. The summed E-state index contributed by atoms with van der Waals surface area (Å²) in [6.45, 7) is 0.514. The number of likely N-dealkylation sites (tertiary alicyclic amines) is 1. The Kier molecular flexibility index (Phi) is 4.95. The highest BCUT2D eigenvalue weighted by molar-refractivity contribution is 6.31. The number of benzene rings is 2. The van der Waals surface area contributed by atoms with Gasteiger partial charge in [0, 0.05) is 17.8 Å². The van der Waals surface area contributed by atoms with E-state index in [-0.39, 0.29) is 22.9 Å². The zero-order valence-electron chi connectivity index (χ0n) is 14.5. The third kappa shape index (κ3) is 3.68. The summed E-state index contributed by atoms with van der Waals surface area (Å²) in [7, 11) is 0. The summed E-state index contributed by atoms with van der Waals surface area (Å²) in [5.41, 5.74) is 1.01. The summed E-state index contributed by atoms with van der Waals surface area (Å²) in [4.78, 5) is 18.6. The van der Waals surface area contributed by atoms with E-state index in [1.54, 1.807) is 17.0 Å². The maximum Gasteiger partial charge on any atom is 0.322 e. The molecule has 1 aliphatic rings. The molecule has 2 amide bonds. The van der Waals surface area contributed by atoms with E-state index in [1.807, 2.05) is 0 Å². The number of amides is 2. The van der Waals surface area contributed by atoms with E-state index in [0.29, 0.717) is 35.9 Å². The maximum atomic E-state index is 13.3. The molecule has 1 unspecified atom stereocenters. The van der Waals surface area contributed by atoms with Crippen molar-refractivity contribution in [1.82, 2.24) is 15.0 Å². The van der Waals surface area contributed by atoms with Crippen LogP contribution in [0, 0.1) is 11.6 Å². The van der Waals surface area contributed by atoms with E-state index in [4.69, 9.17) is 16.1 Å². The third-order valence-corrected chi connectivity index (χ3v) is 4.80. The zero-order valence-corrected chi connectivity index (χ0v) is 15.3. The average molecular weight is 405 g/mol. The van der Waals surface area contributed by atoms with E-state index in [9.17, 15) is 13.6 Å². The summed E-state index contributed by atoms with van der Waals surface area (Å²) in [6, 6.07) is 8.96. The predicted octanol–water partition coefficient (Wildman–Crippen LogP) is 5.04. The minimum atomic E-state index is -0.558. The van der Waals surface area contributed by atoms with Crippen LogP contribution in [0.25, 0.3) is 11.4 Å². The fourth-order valence-corrected chi connectivity index (χ4v) is 3.30. The number of rotatable bonds is 3. The van der Waals surface area contributed by atoms with Gasteiger partial charge in [0.25, 0.3) is 0 Å². The molecule has 1 fully saturated rings. The van der Waals surface area contributed by atoms with Crippen LogP contribution in [0.2, 0.25) is 5.02 Å². The summed E-state index contributed by atoms with van der Waals surface area (Å²) in [5.74, 6) is -0.276. The molecule has 0 saturated carbocycles. The van der Waals surface area contributed by atoms with E-state index in [0.717, 1.165) is 6.42 Å². The zero-order chi connectivity index (χ0) is 19.7. The monoisotopic (exact) mass is 404 g/mol. The van der Waals surface area contributed by atoms with Gasteiger partial charge in [-0.15, -0.1) is 0 Å². The number of anilines is 1. The molecule has 1 aromatic heterocycles. The molecule has 144 valence electrons. The van der Waals surface area contributed by atoms with Gasteiger partial charge in [-0.2, -0.15) is 4.98 Å². The Morgan fingerprint density at radius 3 is 2.75 bits per heavy atom. The van der Waals surface area contributed by atoms with Crippen molar-refractivity contribution in [2.45, 2.75) is 18.9 Å². The molecular weight excluding hydrogens is 390 g/mol. The van der Waals surface area contributed by atoms with Crippen LogP contribution in [-0.2, 0) is 0 Å². The summed E-state index contributed by atoms with van der Waals surface area (Å²) in [5, 5.41) is 6.56. The van der Waals surface area contributed by atoms with Crippen molar-refractivity contribution in [1.29, 1.82) is 0 Å². The highest BCUT2D eigenvalue weighted by atomic mass is 35.5. The molecular formula is C19H15ClF2N4O2. The minimum Gasteiger partial charge on any atom is -0.337 e. The van der Waals surface area contributed by atoms with Crippen molar-refractivity contribution in [3.63, 3.8) is 0 Å². The third-order valence-electron chi connectivity index (χ3n) is 4.51. The lowest BCUT2D eigenvalue weighted by atomic mass is 10.2. The fourth-order valence-electron chi connectivity index (χ4n) is 3.12. The fraction of sp³-hybridized carbons (Fsp3) is 0.211. The van der Waals surface area contributed by atoms with Crippen molar-refractivity contribution in [2.24, 2.45) is 0 Å². The van der Waals surface area contributed by atoms with Crippen LogP contribution < -0.4 is 5.32 Å². The van der Waals surface area contributed by atoms with Gasteiger partial charge < -0.3 is 14.7 Å². The summed E-state index contributed by atoms with van der Waals surface area (Å²) < 4.78 is 31.7. The smallest absolute Gasteiger partial charge is 0.322 e. The molecule has 0 aliphatic carbocycles. The second kappa shape index (κ2) is 7.55. The first-order valence-corrected chi connectivity index (χ1v) is 9.01. The first-order chi connectivity index (χ1) is 13.5. The first-order valence-electron chi connectivity index (χ1n) is 8.63. The maximum absolute atomic E-state index is 13.3. The second-order valence-electron chi connectivity index (χ2n) is 6.37. The lowest BCUT2D eigenvalue weighted by Crippen LogP contribution is -2.34. The topological polar surface area (TPSA) is 71.3 Å². The van der Waals surface area contributed by atoms with Gasteiger partial charge in [0.1, 0.15) is 17.7 Å². The quantitative estimate of drug-likeness (QED) is 0.664. The van der Waals surface area contributed by atoms with Gasteiger partial charge in [0.2, 0.25) is 11.7 Å². The van der Waals surface area contributed by atoms with E-state index < -0.39 is 5.82 Å². The Balaban J connectivity index is 1.51. The van der Waals surface area contributed by atoms with Crippen molar-refractivity contribution in [2.75, 3.05) is 11.9 Å². The van der Waals surface area contributed by atoms with Crippen LogP contribution >= 0.6 is 11.6 Å². The number of aromatic nitrogens is 2. The van der Waals surface area contributed by atoms with Crippen molar-refractivity contribution in [3.05, 3.63) is 65.0 Å². The van der Waals surface area contributed by atoms with Gasteiger partial charge in [0.15, 0.2) is 0 Å². The molecule has 2 aromatic carbocycles. The van der Waals surface area contributed by atoms with Crippen LogP contribution in [0.4, 0.5) is 19.3 Å². The van der Waals surface area contributed by atoms with Gasteiger partial charge in [-0.05, 0) is 55.3 Å². The molecule has 0 radical (unpaired) electrons. The van der Waals surface area contributed by atoms with Gasteiger partial charge in [0.05, 0.1) is 5.02 Å². The summed E-state index contributed by atoms with van der Waals surface area (Å²) >= 11 is 5.76. The number of urea groups is 1. The lowest BCUT2D eigenvalue weighted by Gasteiger charge is -2.22. The van der Waals surface area contributed by atoms with E-state index in [2.05, 4.69) is 15.5 Å². The van der Waals surface area contributed by atoms with Gasteiger partial charge in [-0.3, -0.25) is 0 Å². The Morgan fingerprint density at radius 1 is 1.21 bits per heavy atom. The van der Waals surface area contributed by atoms with Crippen LogP contribution in [0.1, 0.15) is 24.8 Å². The number of nitrogens with zero attached hydrogens (tertiary/aromatic N) is 3. The Morgan fingerprint density at radius 2 is 2.00 bits per heavy atom. The predicted molar refractivity (Wildman–Crippen MR) is 98.8 cm³/mol. The van der Waals surface area contributed by atoms with Crippen molar-refractivity contribution >= 4 is 23.3 Å². The average Bonchev–Trinajstić information content (AvgIpc) is 3.34. The Labute approximate surface area is 164 Å². The SMILES string of the molecule is O=C(Nc1ccc(F)c(Cl)c1)N1CCCC1c1nc(-c2ccc(F)cc2)no1. The highest BCUT2D eigenvalue weighted by Crippen LogP contribution is 2.32. The summed E-state index contributed by atoms with van der Waals surface area (Å²) in [6.07, 6.45) is 1.44. The van der Waals surface area contributed by atoms with Gasteiger partial charge in [-0.1, -0.05) is 16.8 Å². The van der Waals surface area contributed by atoms with Gasteiger partial charge >= 0.3 is 6.03 Å². The lowest BCUT2D eigenvalue weighted by molar-refractivity contribution is 0.193. The normalized spacial score (nSPS) is 16.4. The molecule has 3 aromatic rings. The molecule has 9 heteroatoms. The molecule has 1 saturated heterocycles. The van der Waals surface area contributed by atoms with Crippen LogP contribution in [0.3, 0.4) is 0 Å². The molecule has 2 heterocycles. The Hall–Kier alpha value is -3.00. The molecule has 0 spiro atoms. The number of hydrogen-bond donors (Lipinski definition) is 1. The molecule has 1 N–H and O–H groups in total. The van der Waals surface area contributed by atoms with Crippen molar-refractivity contribution < 1.29 is 18.1 Å². The van der Waals surface area contributed by atoms with Gasteiger partial charge in [-0.25, -0.2) is 13.6 Å². The number of carbonyl (C=O) groups is 1.